The van der Waals surface area contributed by atoms with Gasteiger partial charge in [0.1, 0.15) is 18.1 Å². The van der Waals surface area contributed by atoms with E-state index in [9.17, 15) is 9.59 Å². The first-order valence-electron chi connectivity index (χ1n) is 13.2. The molecule has 0 unspecified atom stereocenters. The van der Waals surface area contributed by atoms with Gasteiger partial charge in [-0.1, -0.05) is 72.7 Å². The van der Waals surface area contributed by atoms with Gasteiger partial charge in [0, 0.05) is 18.2 Å². The van der Waals surface area contributed by atoms with Crippen LogP contribution in [0.3, 0.4) is 0 Å². The van der Waals surface area contributed by atoms with Crippen molar-refractivity contribution in [2.45, 2.75) is 50.9 Å². The molecule has 0 saturated heterocycles. The van der Waals surface area contributed by atoms with Crippen molar-refractivity contribution in [1.82, 2.24) is 25.2 Å². The molecule has 9 nitrogen and oxygen atoms in total. The minimum absolute atomic E-state index is 0.0736. The summed E-state index contributed by atoms with van der Waals surface area (Å²) >= 11 is 0. The Hall–Kier alpha value is -4.40. The highest BCUT2D eigenvalue weighted by Crippen LogP contribution is 2.38. The molecule has 3 aromatic carbocycles. The Kier molecular flexibility index (Phi) is 8.05. The molecule has 0 bridgehead atoms. The van der Waals surface area contributed by atoms with E-state index in [1.807, 2.05) is 66.7 Å². The zero-order valence-electron chi connectivity index (χ0n) is 22.2. The van der Waals surface area contributed by atoms with Crippen molar-refractivity contribution in [2.75, 3.05) is 14.2 Å². The number of carbonyl (C=O) groups excluding carboxylic acids is 2. The quantitative estimate of drug-likeness (QED) is 0.331. The number of rotatable bonds is 10. The van der Waals surface area contributed by atoms with Gasteiger partial charge in [0.05, 0.1) is 19.7 Å². The number of benzene rings is 3. The predicted molar refractivity (Wildman–Crippen MR) is 147 cm³/mol. The van der Waals surface area contributed by atoms with E-state index in [0.717, 1.165) is 36.8 Å². The van der Waals surface area contributed by atoms with Crippen LogP contribution in [-0.4, -0.2) is 52.0 Å². The first-order chi connectivity index (χ1) is 19.1. The van der Waals surface area contributed by atoms with Crippen molar-refractivity contribution >= 4 is 22.8 Å². The molecule has 1 aromatic heterocycles. The van der Waals surface area contributed by atoms with Crippen LogP contribution < -0.4 is 14.8 Å². The monoisotopic (exact) mass is 527 g/mol. The lowest BCUT2D eigenvalue weighted by Crippen LogP contribution is -2.46. The molecule has 4 aromatic rings. The summed E-state index contributed by atoms with van der Waals surface area (Å²) in [5, 5.41) is 11.6. The van der Waals surface area contributed by atoms with Gasteiger partial charge in [-0.25, -0.2) is 4.68 Å². The third-order valence-electron chi connectivity index (χ3n) is 7.21. The Morgan fingerprint density at radius 1 is 0.974 bits per heavy atom. The van der Waals surface area contributed by atoms with E-state index in [2.05, 4.69) is 15.6 Å². The molecule has 1 heterocycles. The third-order valence-corrected chi connectivity index (χ3v) is 7.21. The normalized spacial score (nSPS) is 14.2. The van der Waals surface area contributed by atoms with E-state index in [1.165, 1.54) is 7.11 Å². The number of aromatic nitrogens is 3. The second-order valence-electron chi connectivity index (χ2n) is 9.72. The van der Waals surface area contributed by atoms with Gasteiger partial charge in [-0.3, -0.25) is 9.59 Å². The lowest BCUT2D eigenvalue weighted by molar-refractivity contribution is -0.142. The van der Waals surface area contributed by atoms with E-state index in [0.29, 0.717) is 22.6 Å². The molecule has 5 rings (SSSR count). The molecule has 39 heavy (non-hydrogen) atoms. The minimum Gasteiger partial charge on any atom is -0.493 e. The number of nitrogens with one attached hydrogen (secondary N) is 1. The summed E-state index contributed by atoms with van der Waals surface area (Å²) < 4.78 is 12.9. The van der Waals surface area contributed by atoms with Gasteiger partial charge >= 0.3 is 0 Å². The van der Waals surface area contributed by atoms with Crippen LogP contribution in [0.1, 0.15) is 42.9 Å². The molecule has 1 saturated carbocycles. The number of nitrogens with zero attached hydrogens (tertiary/aromatic N) is 4. The summed E-state index contributed by atoms with van der Waals surface area (Å²) in [5.74, 6) is 0.388. The van der Waals surface area contributed by atoms with Crippen molar-refractivity contribution in [3.63, 3.8) is 0 Å². The lowest BCUT2D eigenvalue weighted by Gasteiger charge is -2.33. The summed E-state index contributed by atoms with van der Waals surface area (Å²) in [7, 11) is 3.09. The molecule has 1 fully saturated rings. The first kappa shape index (κ1) is 26.2. The largest absolute Gasteiger partial charge is 0.493 e. The van der Waals surface area contributed by atoms with E-state index in [4.69, 9.17) is 9.47 Å². The van der Waals surface area contributed by atoms with Crippen molar-refractivity contribution in [3.05, 3.63) is 83.9 Å². The number of ether oxygens (including phenoxy) is 2. The Bertz CT molecular complexity index is 1430. The van der Waals surface area contributed by atoms with E-state index >= 15 is 0 Å². The Labute approximate surface area is 227 Å². The Balaban J connectivity index is 1.58. The maximum Gasteiger partial charge on any atom is 0.247 e. The maximum absolute atomic E-state index is 14.2. The average molecular weight is 528 g/mol. The number of hydrogen-bond acceptors (Lipinski definition) is 6. The number of para-hydroxylation sites is 2. The van der Waals surface area contributed by atoms with Crippen LogP contribution in [0, 0.1) is 0 Å². The summed E-state index contributed by atoms with van der Waals surface area (Å²) in [6.45, 7) is 0.141. The molecular formula is C30H33N5O4. The third kappa shape index (κ3) is 5.72. The molecule has 1 aliphatic carbocycles. The standard InChI is InChI=1S/C30H33N5O4/c1-38-26-18-10-15-23(29(26)39-2)28(30(37)31-22-13-6-7-14-22)34(19-21-11-4-3-5-12-21)27(36)20-35-25-17-9-8-16-24(25)32-33-35/h3-5,8-12,15-18,22,28H,6-7,13-14,19-20H2,1-2H3,(H,31,37)/t28-/m0/s1. The van der Waals surface area contributed by atoms with Gasteiger partial charge in [-0.15, -0.1) is 5.10 Å². The van der Waals surface area contributed by atoms with Crippen molar-refractivity contribution < 1.29 is 19.1 Å². The topological polar surface area (TPSA) is 98.6 Å². The number of methoxy groups -OCH3 is 2. The van der Waals surface area contributed by atoms with Crippen LogP contribution in [0.15, 0.2) is 72.8 Å². The SMILES string of the molecule is COc1cccc([C@@H](C(=O)NC2CCCC2)N(Cc2ccccc2)C(=O)Cn2nnc3ccccc32)c1OC. The van der Waals surface area contributed by atoms with Crippen LogP contribution in [0.4, 0.5) is 0 Å². The van der Waals surface area contributed by atoms with Crippen LogP contribution >= 0.6 is 0 Å². The van der Waals surface area contributed by atoms with Gasteiger partial charge < -0.3 is 19.7 Å². The minimum atomic E-state index is -0.960. The van der Waals surface area contributed by atoms with Crippen molar-refractivity contribution in [1.29, 1.82) is 0 Å². The first-order valence-corrected chi connectivity index (χ1v) is 13.2. The lowest BCUT2D eigenvalue weighted by atomic mass is 10.0. The van der Waals surface area contributed by atoms with Gasteiger partial charge in [0.15, 0.2) is 11.5 Å². The molecule has 2 amide bonds. The Morgan fingerprint density at radius 2 is 1.72 bits per heavy atom. The fourth-order valence-corrected chi connectivity index (χ4v) is 5.28. The second-order valence-corrected chi connectivity index (χ2v) is 9.72. The smallest absolute Gasteiger partial charge is 0.247 e. The van der Waals surface area contributed by atoms with Crippen LogP contribution in [0.25, 0.3) is 11.0 Å². The summed E-state index contributed by atoms with van der Waals surface area (Å²) in [6.07, 6.45) is 3.99. The number of carbonyl (C=O) groups is 2. The molecule has 0 spiro atoms. The van der Waals surface area contributed by atoms with E-state index in [1.54, 1.807) is 22.8 Å². The fourth-order valence-electron chi connectivity index (χ4n) is 5.28. The molecule has 0 radical (unpaired) electrons. The molecular weight excluding hydrogens is 494 g/mol. The van der Waals surface area contributed by atoms with E-state index in [-0.39, 0.29) is 30.9 Å². The molecule has 1 N–H and O–H groups in total. The van der Waals surface area contributed by atoms with Crippen LogP contribution in [0.2, 0.25) is 0 Å². The van der Waals surface area contributed by atoms with Gasteiger partial charge in [-0.2, -0.15) is 0 Å². The molecule has 202 valence electrons. The Morgan fingerprint density at radius 3 is 2.46 bits per heavy atom. The van der Waals surface area contributed by atoms with Crippen molar-refractivity contribution in [3.8, 4) is 11.5 Å². The number of fused-ring (bicyclic) bond motifs is 1. The fraction of sp³-hybridized carbons (Fsp3) is 0.333. The molecule has 0 aliphatic heterocycles. The molecule has 9 heteroatoms. The van der Waals surface area contributed by atoms with Gasteiger partial charge in [0.2, 0.25) is 11.8 Å². The highest BCUT2D eigenvalue weighted by Gasteiger charge is 2.36. The van der Waals surface area contributed by atoms with Gasteiger partial charge in [-0.05, 0) is 36.6 Å². The highest BCUT2D eigenvalue weighted by molar-refractivity contribution is 5.90. The van der Waals surface area contributed by atoms with Gasteiger partial charge in [0.25, 0.3) is 0 Å². The summed E-state index contributed by atoms with van der Waals surface area (Å²) in [5.41, 5.74) is 2.90. The predicted octanol–water partition coefficient (Wildman–Crippen LogP) is 4.28. The van der Waals surface area contributed by atoms with Crippen LogP contribution in [-0.2, 0) is 22.7 Å². The summed E-state index contributed by atoms with van der Waals surface area (Å²) in [4.78, 5) is 29.8. The number of hydrogen-bond donors (Lipinski definition) is 1. The second kappa shape index (κ2) is 12.0. The maximum atomic E-state index is 14.2. The zero-order valence-corrected chi connectivity index (χ0v) is 22.2. The van der Waals surface area contributed by atoms with E-state index < -0.39 is 6.04 Å². The van der Waals surface area contributed by atoms with Crippen LogP contribution in [0.5, 0.6) is 11.5 Å². The molecule has 1 aliphatic rings. The summed E-state index contributed by atoms with van der Waals surface area (Å²) in [6, 6.07) is 21.7. The zero-order chi connectivity index (χ0) is 27.2. The highest BCUT2D eigenvalue weighted by atomic mass is 16.5. The average Bonchev–Trinajstić information content (AvgIpc) is 3.63. The number of amides is 2. The molecule has 1 atom stereocenters. The van der Waals surface area contributed by atoms with Crippen molar-refractivity contribution in [2.24, 2.45) is 0 Å².